The highest BCUT2D eigenvalue weighted by atomic mass is 16.6. The highest BCUT2D eigenvalue weighted by Gasteiger charge is 2.44. The highest BCUT2D eigenvalue weighted by molar-refractivity contribution is 5.90. The normalized spacial score (nSPS) is 29.9. The van der Waals surface area contributed by atoms with Gasteiger partial charge in [-0.1, -0.05) is 0 Å². The molecule has 0 radical (unpaired) electrons. The fraction of sp³-hybridized carbons (Fsp3) is 0.643. The zero-order valence-electron chi connectivity index (χ0n) is 11.6. The van der Waals surface area contributed by atoms with E-state index in [0.717, 1.165) is 25.8 Å². The Morgan fingerprint density at radius 2 is 2.30 bits per heavy atom. The molecule has 1 aromatic heterocycles. The molecule has 0 aromatic carbocycles. The van der Waals surface area contributed by atoms with Gasteiger partial charge in [0, 0.05) is 32.5 Å². The lowest BCUT2D eigenvalue weighted by atomic mass is 9.89. The van der Waals surface area contributed by atoms with Crippen molar-refractivity contribution in [2.24, 2.45) is 0 Å². The molecule has 3 heterocycles. The standard InChI is InChI=1S/C14H19N3O3/c1-19-11-8-14(20-9-11)4-2-7-17(10-14)13(18)12-15-5-3-6-16-12/h3,5-6,11H,2,4,7-10H2,1H3/t11-,14+/m0/s1. The molecule has 0 bridgehead atoms. The monoisotopic (exact) mass is 277 g/mol. The third-order valence-corrected chi connectivity index (χ3v) is 4.09. The predicted molar refractivity (Wildman–Crippen MR) is 71.3 cm³/mol. The number of amides is 1. The summed E-state index contributed by atoms with van der Waals surface area (Å²) in [7, 11) is 1.70. The molecule has 108 valence electrons. The van der Waals surface area contributed by atoms with Crippen LogP contribution >= 0.6 is 0 Å². The van der Waals surface area contributed by atoms with E-state index in [4.69, 9.17) is 9.47 Å². The summed E-state index contributed by atoms with van der Waals surface area (Å²) in [4.78, 5) is 22.3. The third kappa shape index (κ3) is 2.53. The van der Waals surface area contributed by atoms with Crippen LogP contribution in [-0.2, 0) is 9.47 Å². The molecule has 2 aliphatic heterocycles. The number of ether oxygens (including phenoxy) is 2. The minimum absolute atomic E-state index is 0.117. The minimum atomic E-state index is -0.247. The second kappa shape index (κ2) is 5.46. The number of likely N-dealkylation sites (tertiary alicyclic amines) is 1. The van der Waals surface area contributed by atoms with Crippen molar-refractivity contribution in [3.63, 3.8) is 0 Å². The average molecular weight is 277 g/mol. The lowest BCUT2D eigenvalue weighted by Gasteiger charge is -2.39. The molecule has 1 spiro atoms. The number of methoxy groups -OCH3 is 1. The summed E-state index contributed by atoms with van der Waals surface area (Å²) in [6.07, 6.45) is 6.09. The average Bonchev–Trinajstić information content (AvgIpc) is 2.90. The summed E-state index contributed by atoms with van der Waals surface area (Å²) in [5, 5.41) is 0. The van der Waals surface area contributed by atoms with Gasteiger partial charge in [-0.05, 0) is 18.9 Å². The van der Waals surface area contributed by atoms with Crippen LogP contribution in [0.15, 0.2) is 18.5 Å². The molecule has 3 rings (SSSR count). The summed E-state index contributed by atoms with van der Waals surface area (Å²) in [5.74, 6) is 0.139. The zero-order chi connectivity index (χ0) is 14.0. The van der Waals surface area contributed by atoms with Crippen molar-refractivity contribution in [1.29, 1.82) is 0 Å². The van der Waals surface area contributed by atoms with Crippen LogP contribution < -0.4 is 0 Å². The number of aromatic nitrogens is 2. The van der Waals surface area contributed by atoms with Gasteiger partial charge in [-0.15, -0.1) is 0 Å². The highest BCUT2D eigenvalue weighted by Crippen LogP contribution is 2.35. The first-order valence-electron chi connectivity index (χ1n) is 6.95. The van der Waals surface area contributed by atoms with Gasteiger partial charge in [0.25, 0.3) is 5.91 Å². The molecular formula is C14H19N3O3. The zero-order valence-corrected chi connectivity index (χ0v) is 11.6. The number of rotatable bonds is 2. The van der Waals surface area contributed by atoms with Crippen LogP contribution in [0.2, 0.25) is 0 Å². The topological polar surface area (TPSA) is 64.6 Å². The van der Waals surface area contributed by atoms with E-state index in [9.17, 15) is 4.79 Å². The Morgan fingerprint density at radius 1 is 1.50 bits per heavy atom. The Morgan fingerprint density at radius 3 is 3.00 bits per heavy atom. The van der Waals surface area contributed by atoms with E-state index in [1.165, 1.54) is 0 Å². The van der Waals surface area contributed by atoms with Gasteiger partial charge in [0.05, 0.1) is 24.9 Å². The minimum Gasteiger partial charge on any atom is -0.379 e. The summed E-state index contributed by atoms with van der Waals surface area (Å²) in [6, 6.07) is 1.71. The van der Waals surface area contributed by atoms with Crippen molar-refractivity contribution in [1.82, 2.24) is 14.9 Å². The molecular weight excluding hydrogens is 258 g/mol. The van der Waals surface area contributed by atoms with Gasteiger partial charge in [0.1, 0.15) is 0 Å². The van der Waals surface area contributed by atoms with Crippen molar-refractivity contribution in [2.75, 3.05) is 26.8 Å². The van der Waals surface area contributed by atoms with Gasteiger partial charge in [-0.2, -0.15) is 0 Å². The molecule has 6 heteroatoms. The molecule has 1 amide bonds. The van der Waals surface area contributed by atoms with Gasteiger partial charge in [-0.3, -0.25) is 4.79 Å². The maximum absolute atomic E-state index is 12.4. The quantitative estimate of drug-likeness (QED) is 0.803. The molecule has 6 nitrogen and oxygen atoms in total. The van der Waals surface area contributed by atoms with Crippen molar-refractivity contribution in [3.8, 4) is 0 Å². The van der Waals surface area contributed by atoms with Crippen molar-refractivity contribution in [3.05, 3.63) is 24.3 Å². The van der Waals surface area contributed by atoms with Crippen molar-refractivity contribution >= 4 is 5.91 Å². The van der Waals surface area contributed by atoms with E-state index < -0.39 is 0 Å². The maximum Gasteiger partial charge on any atom is 0.291 e. The molecule has 0 aliphatic carbocycles. The third-order valence-electron chi connectivity index (χ3n) is 4.09. The van der Waals surface area contributed by atoms with Crippen LogP contribution in [-0.4, -0.2) is 59.3 Å². The maximum atomic E-state index is 12.4. The molecule has 20 heavy (non-hydrogen) atoms. The molecule has 2 saturated heterocycles. The predicted octanol–water partition coefficient (Wildman–Crippen LogP) is 0.887. The number of hydrogen-bond donors (Lipinski definition) is 0. The molecule has 1 aromatic rings. The van der Waals surface area contributed by atoms with Gasteiger partial charge in [0.2, 0.25) is 5.82 Å². The van der Waals surface area contributed by atoms with E-state index in [2.05, 4.69) is 9.97 Å². The van der Waals surface area contributed by atoms with Crippen LogP contribution in [0.1, 0.15) is 29.9 Å². The van der Waals surface area contributed by atoms with Gasteiger partial charge < -0.3 is 14.4 Å². The number of carbonyl (C=O) groups is 1. The first-order valence-corrected chi connectivity index (χ1v) is 6.95. The molecule has 2 atom stereocenters. The van der Waals surface area contributed by atoms with Gasteiger partial charge in [0.15, 0.2) is 0 Å². The smallest absolute Gasteiger partial charge is 0.291 e. The SMILES string of the molecule is CO[C@@H]1CO[C@]2(CCCN(C(=O)c3ncccn3)C2)C1. The van der Waals surface area contributed by atoms with Crippen molar-refractivity contribution in [2.45, 2.75) is 31.0 Å². The van der Waals surface area contributed by atoms with Crippen molar-refractivity contribution < 1.29 is 14.3 Å². The molecule has 0 N–H and O–H groups in total. The van der Waals surface area contributed by atoms with Crippen LogP contribution in [0, 0.1) is 0 Å². The number of hydrogen-bond acceptors (Lipinski definition) is 5. The fourth-order valence-corrected chi connectivity index (χ4v) is 3.06. The largest absolute Gasteiger partial charge is 0.379 e. The summed E-state index contributed by atoms with van der Waals surface area (Å²) in [5.41, 5.74) is -0.247. The van der Waals surface area contributed by atoms with E-state index in [1.807, 2.05) is 0 Å². The summed E-state index contributed by atoms with van der Waals surface area (Å²) >= 11 is 0. The molecule has 0 saturated carbocycles. The lowest BCUT2D eigenvalue weighted by Crippen LogP contribution is -2.50. The summed E-state index contributed by atoms with van der Waals surface area (Å²) in [6.45, 7) is 1.95. The van der Waals surface area contributed by atoms with E-state index in [1.54, 1.807) is 30.5 Å². The first kappa shape index (κ1) is 13.5. The number of carbonyl (C=O) groups excluding carboxylic acids is 1. The van der Waals surface area contributed by atoms with Crippen LogP contribution in [0.5, 0.6) is 0 Å². The Balaban J connectivity index is 1.71. The lowest BCUT2D eigenvalue weighted by molar-refractivity contribution is -0.0460. The fourth-order valence-electron chi connectivity index (χ4n) is 3.06. The van der Waals surface area contributed by atoms with E-state index >= 15 is 0 Å². The van der Waals surface area contributed by atoms with Crippen LogP contribution in [0.4, 0.5) is 0 Å². The molecule has 0 unspecified atom stereocenters. The van der Waals surface area contributed by atoms with E-state index in [-0.39, 0.29) is 23.4 Å². The second-order valence-corrected chi connectivity index (χ2v) is 5.46. The number of piperidine rings is 1. The Bertz CT molecular complexity index is 482. The first-order chi connectivity index (χ1) is 9.72. The van der Waals surface area contributed by atoms with Crippen LogP contribution in [0.3, 0.4) is 0 Å². The van der Waals surface area contributed by atoms with E-state index in [0.29, 0.717) is 13.2 Å². The Kier molecular flexibility index (Phi) is 3.67. The molecule has 2 aliphatic rings. The number of nitrogens with zero attached hydrogens (tertiary/aromatic N) is 3. The second-order valence-electron chi connectivity index (χ2n) is 5.46. The van der Waals surface area contributed by atoms with Gasteiger partial charge in [-0.25, -0.2) is 9.97 Å². The Hall–Kier alpha value is -1.53. The molecule has 2 fully saturated rings. The van der Waals surface area contributed by atoms with Crippen LogP contribution in [0.25, 0.3) is 0 Å². The van der Waals surface area contributed by atoms with Gasteiger partial charge >= 0.3 is 0 Å². The summed E-state index contributed by atoms with van der Waals surface area (Å²) < 4.78 is 11.3. The Labute approximate surface area is 118 Å².